The average Bonchev–Trinajstić information content (AvgIpc) is 3.15. The van der Waals surface area contributed by atoms with Crippen LogP contribution in [0.3, 0.4) is 0 Å². The van der Waals surface area contributed by atoms with Crippen LogP contribution in [0.15, 0.2) is 41.4 Å². The highest BCUT2D eigenvalue weighted by Gasteiger charge is 2.19. The van der Waals surface area contributed by atoms with Gasteiger partial charge in [-0.15, -0.1) is 0 Å². The summed E-state index contributed by atoms with van der Waals surface area (Å²) < 4.78 is 11.1. The van der Waals surface area contributed by atoms with E-state index in [-0.39, 0.29) is 0 Å². The zero-order valence-electron chi connectivity index (χ0n) is 15.3. The van der Waals surface area contributed by atoms with Crippen LogP contribution in [0.25, 0.3) is 10.8 Å². The molecule has 0 amide bonds. The number of fused-ring (bicyclic) bond motifs is 1. The molecule has 0 radical (unpaired) electrons. The monoisotopic (exact) mass is 341 g/mol. The van der Waals surface area contributed by atoms with Gasteiger partial charge in [-0.25, -0.2) is 0 Å². The molecular weight excluding hydrogens is 314 g/mol. The molecule has 0 saturated carbocycles. The number of rotatable bonds is 5. The molecule has 0 aliphatic carbocycles. The number of hydrogen-bond donors (Lipinski definition) is 1. The normalized spacial score (nSPS) is 17.7. The Morgan fingerprint density at radius 2 is 2.16 bits per heavy atom. The Hall–Kier alpha value is -2.27. The number of ether oxygens (including phenoxy) is 2. The van der Waals surface area contributed by atoms with E-state index in [0.717, 1.165) is 43.5 Å². The van der Waals surface area contributed by atoms with Crippen LogP contribution in [0, 0.1) is 5.92 Å². The molecule has 1 N–H and O–H groups in total. The van der Waals surface area contributed by atoms with Gasteiger partial charge in [-0.3, -0.25) is 4.99 Å². The zero-order chi connectivity index (χ0) is 17.6. The van der Waals surface area contributed by atoms with Gasteiger partial charge in [0.1, 0.15) is 5.75 Å². The van der Waals surface area contributed by atoms with Crippen LogP contribution in [0.2, 0.25) is 0 Å². The minimum Gasteiger partial charge on any atom is -0.496 e. The Morgan fingerprint density at radius 1 is 1.32 bits per heavy atom. The molecule has 1 aliphatic rings. The van der Waals surface area contributed by atoms with E-state index in [1.807, 2.05) is 13.1 Å². The number of nitrogens with one attached hydrogen (secondary N) is 1. The fraction of sp³-hybridized carbons (Fsp3) is 0.450. The van der Waals surface area contributed by atoms with Crippen LogP contribution in [-0.2, 0) is 11.3 Å². The van der Waals surface area contributed by atoms with E-state index in [4.69, 9.17) is 9.47 Å². The molecule has 1 saturated heterocycles. The first kappa shape index (κ1) is 17.5. The summed E-state index contributed by atoms with van der Waals surface area (Å²) in [6.45, 7) is 3.34. The van der Waals surface area contributed by atoms with Crippen molar-refractivity contribution in [2.45, 2.75) is 13.0 Å². The van der Waals surface area contributed by atoms with Gasteiger partial charge in [-0.1, -0.05) is 30.3 Å². The van der Waals surface area contributed by atoms with Crippen molar-refractivity contribution < 1.29 is 9.47 Å². The lowest BCUT2D eigenvalue weighted by molar-refractivity contribution is 0.181. The number of benzene rings is 2. The topological polar surface area (TPSA) is 46.1 Å². The largest absolute Gasteiger partial charge is 0.496 e. The van der Waals surface area contributed by atoms with E-state index in [9.17, 15) is 0 Å². The third-order valence-corrected chi connectivity index (χ3v) is 4.77. The fourth-order valence-corrected chi connectivity index (χ4v) is 3.44. The molecule has 1 aliphatic heterocycles. The average molecular weight is 341 g/mol. The van der Waals surface area contributed by atoms with E-state index in [2.05, 4.69) is 52.6 Å². The van der Waals surface area contributed by atoms with Gasteiger partial charge in [0.15, 0.2) is 5.96 Å². The number of hydrogen-bond acceptors (Lipinski definition) is 3. The molecule has 5 nitrogen and oxygen atoms in total. The van der Waals surface area contributed by atoms with E-state index in [1.54, 1.807) is 7.11 Å². The maximum atomic E-state index is 5.58. The lowest BCUT2D eigenvalue weighted by Gasteiger charge is -2.25. The Kier molecular flexibility index (Phi) is 5.76. The van der Waals surface area contributed by atoms with E-state index >= 15 is 0 Å². The van der Waals surface area contributed by atoms with Gasteiger partial charge in [-0.05, 0) is 23.3 Å². The SMILES string of the molecule is CN=C(NCc1c(OC)ccc2ccccc12)N(C)CC1CCOC1. The Labute approximate surface area is 149 Å². The van der Waals surface area contributed by atoms with Gasteiger partial charge >= 0.3 is 0 Å². The molecule has 0 spiro atoms. The van der Waals surface area contributed by atoms with Crippen molar-refractivity contribution in [3.8, 4) is 5.75 Å². The number of nitrogens with zero attached hydrogens (tertiary/aromatic N) is 2. The molecule has 134 valence electrons. The molecule has 1 fully saturated rings. The molecule has 1 heterocycles. The molecular formula is C20H27N3O2. The molecule has 25 heavy (non-hydrogen) atoms. The number of guanidine groups is 1. The van der Waals surface area contributed by atoms with Gasteiger partial charge < -0.3 is 19.7 Å². The van der Waals surface area contributed by atoms with Crippen molar-refractivity contribution in [2.24, 2.45) is 10.9 Å². The first-order chi connectivity index (χ1) is 12.2. The van der Waals surface area contributed by atoms with Gasteiger partial charge in [0, 0.05) is 45.3 Å². The third-order valence-electron chi connectivity index (χ3n) is 4.77. The number of methoxy groups -OCH3 is 1. The first-order valence-electron chi connectivity index (χ1n) is 8.77. The van der Waals surface area contributed by atoms with Crippen molar-refractivity contribution in [1.82, 2.24) is 10.2 Å². The third kappa shape index (κ3) is 4.04. The molecule has 3 rings (SSSR count). The Morgan fingerprint density at radius 3 is 2.88 bits per heavy atom. The quantitative estimate of drug-likeness (QED) is 0.671. The molecule has 2 aromatic carbocycles. The van der Waals surface area contributed by atoms with Crippen molar-refractivity contribution in [2.75, 3.05) is 41.0 Å². The summed E-state index contributed by atoms with van der Waals surface area (Å²) >= 11 is 0. The standard InChI is InChI=1S/C20H27N3O2/c1-21-20(23(2)13-15-10-11-25-14-15)22-12-18-17-7-5-4-6-16(17)8-9-19(18)24-3/h4-9,15H,10-14H2,1-3H3,(H,21,22). The van der Waals surface area contributed by atoms with Crippen molar-refractivity contribution in [1.29, 1.82) is 0 Å². The highest BCUT2D eigenvalue weighted by Crippen LogP contribution is 2.27. The predicted octanol–water partition coefficient (Wildman–Crippen LogP) is 2.89. The van der Waals surface area contributed by atoms with E-state index in [0.29, 0.717) is 12.5 Å². The lowest BCUT2D eigenvalue weighted by Crippen LogP contribution is -2.41. The molecule has 1 unspecified atom stereocenters. The second kappa shape index (κ2) is 8.21. The van der Waals surface area contributed by atoms with Crippen LogP contribution < -0.4 is 10.1 Å². The molecule has 1 atom stereocenters. The van der Waals surface area contributed by atoms with Crippen molar-refractivity contribution >= 4 is 16.7 Å². The zero-order valence-corrected chi connectivity index (χ0v) is 15.3. The highest BCUT2D eigenvalue weighted by molar-refractivity contribution is 5.88. The molecule has 5 heteroatoms. The van der Waals surface area contributed by atoms with Crippen LogP contribution in [-0.4, -0.2) is 51.8 Å². The van der Waals surface area contributed by atoms with Crippen molar-refractivity contribution in [3.63, 3.8) is 0 Å². The summed E-state index contributed by atoms with van der Waals surface area (Å²) in [5, 5.41) is 5.90. The smallest absolute Gasteiger partial charge is 0.193 e. The maximum Gasteiger partial charge on any atom is 0.193 e. The van der Waals surface area contributed by atoms with E-state index in [1.165, 1.54) is 10.8 Å². The minimum atomic E-state index is 0.579. The number of aliphatic imine (C=N–C) groups is 1. The van der Waals surface area contributed by atoms with Crippen LogP contribution in [0.1, 0.15) is 12.0 Å². The first-order valence-corrected chi connectivity index (χ1v) is 8.77. The lowest BCUT2D eigenvalue weighted by atomic mass is 10.0. The summed E-state index contributed by atoms with van der Waals surface area (Å²) in [4.78, 5) is 6.61. The van der Waals surface area contributed by atoms with Gasteiger partial charge in [0.05, 0.1) is 13.7 Å². The second-order valence-electron chi connectivity index (χ2n) is 6.48. The van der Waals surface area contributed by atoms with Crippen LogP contribution in [0.4, 0.5) is 0 Å². The second-order valence-corrected chi connectivity index (χ2v) is 6.48. The van der Waals surface area contributed by atoms with Gasteiger partial charge in [0.25, 0.3) is 0 Å². The van der Waals surface area contributed by atoms with Crippen LogP contribution >= 0.6 is 0 Å². The molecule has 0 bridgehead atoms. The van der Waals surface area contributed by atoms with Crippen LogP contribution in [0.5, 0.6) is 5.75 Å². The highest BCUT2D eigenvalue weighted by atomic mass is 16.5. The predicted molar refractivity (Wildman–Crippen MR) is 102 cm³/mol. The van der Waals surface area contributed by atoms with E-state index < -0.39 is 0 Å². The van der Waals surface area contributed by atoms with Gasteiger partial charge in [0.2, 0.25) is 0 Å². The molecule has 2 aromatic rings. The van der Waals surface area contributed by atoms with Crippen molar-refractivity contribution in [3.05, 3.63) is 42.0 Å². The summed E-state index contributed by atoms with van der Waals surface area (Å²) in [5.74, 6) is 2.37. The summed E-state index contributed by atoms with van der Waals surface area (Å²) in [7, 11) is 5.62. The summed E-state index contributed by atoms with van der Waals surface area (Å²) in [6.07, 6.45) is 1.12. The molecule has 0 aromatic heterocycles. The Balaban J connectivity index is 1.74. The minimum absolute atomic E-state index is 0.579. The summed E-state index contributed by atoms with van der Waals surface area (Å²) in [5.41, 5.74) is 1.15. The maximum absolute atomic E-state index is 5.58. The van der Waals surface area contributed by atoms with Gasteiger partial charge in [-0.2, -0.15) is 0 Å². The fourth-order valence-electron chi connectivity index (χ4n) is 3.44. The Bertz CT molecular complexity index is 739. The summed E-state index contributed by atoms with van der Waals surface area (Å²) in [6, 6.07) is 12.5.